The molecule has 1 heterocycles. The first-order valence-electron chi connectivity index (χ1n) is 10.6. The van der Waals surface area contributed by atoms with Crippen LogP contribution < -0.4 is 0 Å². The topological polar surface area (TPSA) is 108 Å². The van der Waals surface area contributed by atoms with Gasteiger partial charge >= 0.3 is 17.9 Å². The maximum Gasteiger partial charge on any atom is 0.338 e. The second-order valence-corrected chi connectivity index (χ2v) is 7.50. The highest BCUT2D eigenvalue weighted by atomic mass is 16.7. The molecule has 0 radical (unpaired) electrons. The maximum absolute atomic E-state index is 12.7. The second kappa shape index (κ2) is 10.7. The molecule has 174 valence electrons. The Labute approximate surface area is 195 Å². The van der Waals surface area contributed by atoms with Gasteiger partial charge in [0.15, 0.2) is 18.5 Å². The Bertz CT molecular complexity index is 1120. The van der Waals surface area contributed by atoms with Gasteiger partial charge < -0.3 is 24.1 Å². The Hall–Kier alpha value is -4.01. The van der Waals surface area contributed by atoms with Crippen molar-refractivity contribution in [1.29, 1.82) is 0 Å². The summed E-state index contributed by atoms with van der Waals surface area (Å²) in [6, 6.07) is 24.7. The monoisotopic (exact) mass is 462 g/mol. The first-order chi connectivity index (χ1) is 16.5. The van der Waals surface area contributed by atoms with E-state index in [-0.39, 0.29) is 17.7 Å². The molecule has 8 nitrogen and oxygen atoms in total. The quantitative estimate of drug-likeness (QED) is 0.422. The number of hydrogen-bond acceptors (Lipinski definition) is 8. The molecule has 1 fully saturated rings. The van der Waals surface area contributed by atoms with E-state index in [0.29, 0.717) is 5.56 Å². The van der Waals surface area contributed by atoms with E-state index in [0.717, 1.165) is 0 Å². The highest BCUT2D eigenvalue weighted by molar-refractivity contribution is 5.90. The number of carbonyl (C=O) groups is 3. The van der Waals surface area contributed by atoms with Crippen molar-refractivity contribution in [2.45, 2.75) is 24.6 Å². The van der Waals surface area contributed by atoms with Gasteiger partial charge in [-0.25, -0.2) is 14.4 Å². The van der Waals surface area contributed by atoms with Gasteiger partial charge in [-0.3, -0.25) is 0 Å². The predicted molar refractivity (Wildman–Crippen MR) is 119 cm³/mol. The van der Waals surface area contributed by atoms with Gasteiger partial charge in [0, 0.05) is 0 Å². The fourth-order valence-corrected chi connectivity index (χ4v) is 3.46. The van der Waals surface area contributed by atoms with Crippen LogP contribution in [-0.4, -0.2) is 54.2 Å². The molecule has 3 aromatic carbocycles. The number of carbonyl (C=O) groups excluding carboxylic acids is 3. The first kappa shape index (κ1) is 23.2. The van der Waals surface area contributed by atoms with Crippen LogP contribution in [0.3, 0.4) is 0 Å². The third kappa shape index (κ3) is 5.48. The number of hydrogen-bond donors (Lipinski definition) is 1. The summed E-state index contributed by atoms with van der Waals surface area (Å²) >= 11 is 0. The molecule has 0 spiro atoms. The molecule has 3 aromatic rings. The van der Waals surface area contributed by atoms with Crippen molar-refractivity contribution in [1.82, 2.24) is 0 Å². The van der Waals surface area contributed by atoms with Crippen molar-refractivity contribution in [2.24, 2.45) is 0 Å². The third-order valence-corrected chi connectivity index (χ3v) is 5.18. The van der Waals surface area contributed by atoms with Crippen LogP contribution in [0.2, 0.25) is 0 Å². The van der Waals surface area contributed by atoms with Gasteiger partial charge in [-0.05, 0) is 36.4 Å². The lowest BCUT2D eigenvalue weighted by molar-refractivity contribution is -0.135. The normalized spacial score (nSPS) is 21.4. The Morgan fingerprint density at radius 2 is 1.06 bits per heavy atom. The van der Waals surface area contributed by atoms with Gasteiger partial charge in [0.25, 0.3) is 0 Å². The lowest BCUT2D eigenvalue weighted by Crippen LogP contribution is -2.42. The van der Waals surface area contributed by atoms with Crippen LogP contribution in [-0.2, 0) is 18.9 Å². The van der Waals surface area contributed by atoms with Gasteiger partial charge in [-0.1, -0.05) is 54.6 Å². The van der Waals surface area contributed by atoms with Crippen LogP contribution in [0.4, 0.5) is 0 Å². The Kier molecular flexibility index (Phi) is 7.31. The highest BCUT2D eigenvalue weighted by Gasteiger charge is 2.50. The van der Waals surface area contributed by atoms with Crippen LogP contribution >= 0.6 is 0 Å². The Balaban J connectivity index is 1.51. The van der Waals surface area contributed by atoms with E-state index in [1.54, 1.807) is 91.0 Å². The van der Waals surface area contributed by atoms with E-state index in [1.165, 1.54) is 0 Å². The molecule has 0 aliphatic carbocycles. The van der Waals surface area contributed by atoms with E-state index in [9.17, 15) is 19.5 Å². The summed E-state index contributed by atoms with van der Waals surface area (Å²) < 4.78 is 21.8. The molecule has 0 amide bonds. The standard InChI is InChI=1S/C26H22O8/c27-23(17-10-4-1-5-11-17)31-16-20-21(33-24(28)18-12-6-2-7-13-18)22(26(30)32-20)34-25(29)19-14-8-3-9-15-19/h1-15,20-22,26,30H,16H2. The van der Waals surface area contributed by atoms with Gasteiger partial charge in [0.2, 0.25) is 0 Å². The molecular formula is C26H22O8. The summed E-state index contributed by atoms with van der Waals surface area (Å²) in [5.41, 5.74) is 0.838. The SMILES string of the molecule is O=C(OCC1OC(O)C(OC(=O)c2ccccc2)C1OC(=O)c1ccccc1)c1ccccc1. The summed E-state index contributed by atoms with van der Waals surface area (Å²) in [5, 5.41) is 10.5. The molecule has 4 rings (SSSR count). The number of ether oxygens (including phenoxy) is 4. The van der Waals surface area contributed by atoms with E-state index < -0.39 is 42.5 Å². The molecule has 0 aromatic heterocycles. The van der Waals surface area contributed by atoms with E-state index >= 15 is 0 Å². The van der Waals surface area contributed by atoms with Crippen molar-refractivity contribution in [3.8, 4) is 0 Å². The van der Waals surface area contributed by atoms with Crippen molar-refractivity contribution in [3.63, 3.8) is 0 Å². The minimum atomic E-state index is -1.60. The molecule has 1 N–H and O–H groups in total. The number of esters is 3. The predicted octanol–water partition coefficient (Wildman–Crippen LogP) is 3.01. The second-order valence-electron chi connectivity index (χ2n) is 7.50. The minimum absolute atomic E-state index is 0.252. The van der Waals surface area contributed by atoms with Gasteiger partial charge in [0.1, 0.15) is 12.7 Å². The summed E-state index contributed by atoms with van der Waals surface area (Å²) in [6.45, 7) is -0.336. The van der Waals surface area contributed by atoms with Crippen LogP contribution in [0.5, 0.6) is 0 Å². The molecule has 0 saturated carbocycles. The van der Waals surface area contributed by atoms with Crippen molar-refractivity contribution >= 4 is 17.9 Å². The Morgan fingerprint density at radius 3 is 1.53 bits per heavy atom. The van der Waals surface area contributed by atoms with Crippen molar-refractivity contribution in [2.75, 3.05) is 6.61 Å². The van der Waals surface area contributed by atoms with Crippen LogP contribution in [0.1, 0.15) is 31.1 Å². The smallest absolute Gasteiger partial charge is 0.338 e. The third-order valence-electron chi connectivity index (χ3n) is 5.18. The van der Waals surface area contributed by atoms with E-state index in [2.05, 4.69) is 0 Å². The van der Waals surface area contributed by atoms with E-state index in [1.807, 2.05) is 0 Å². The zero-order valence-electron chi connectivity index (χ0n) is 18.0. The molecule has 0 bridgehead atoms. The molecule has 4 atom stereocenters. The molecule has 4 unspecified atom stereocenters. The zero-order valence-corrected chi connectivity index (χ0v) is 18.0. The van der Waals surface area contributed by atoms with Gasteiger partial charge in [0.05, 0.1) is 16.7 Å². The fourth-order valence-electron chi connectivity index (χ4n) is 3.46. The van der Waals surface area contributed by atoms with Crippen LogP contribution in [0.25, 0.3) is 0 Å². The maximum atomic E-state index is 12.7. The molecule has 8 heteroatoms. The summed E-state index contributed by atoms with van der Waals surface area (Å²) in [4.78, 5) is 37.6. The van der Waals surface area contributed by atoms with E-state index in [4.69, 9.17) is 18.9 Å². The summed E-state index contributed by atoms with van der Waals surface area (Å²) in [7, 11) is 0. The number of benzene rings is 3. The Morgan fingerprint density at radius 1 is 0.647 bits per heavy atom. The fraction of sp³-hybridized carbons (Fsp3) is 0.192. The zero-order chi connectivity index (χ0) is 23.9. The summed E-state index contributed by atoms with van der Waals surface area (Å²) in [6.07, 6.45) is -5.22. The van der Waals surface area contributed by atoms with Gasteiger partial charge in [-0.2, -0.15) is 0 Å². The largest absolute Gasteiger partial charge is 0.459 e. The minimum Gasteiger partial charge on any atom is -0.459 e. The number of aliphatic hydroxyl groups excluding tert-OH is 1. The molecule has 1 aliphatic rings. The van der Waals surface area contributed by atoms with Crippen LogP contribution in [0, 0.1) is 0 Å². The highest BCUT2D eigenvalue weighted by Crippen LogP contribution is 2.28. The molecule has 1 saturated heterocycles. The average molecular weight is 462 g/mol. The lowest BCUT2D eigenvalue weighted by Gasteiger charge is -2.23. The number of rotatable bonds is 7. The molecular weight excluding hydrogens is 440 g/mol. The van der Waals surface area contributed by atoms with Crippen LogP contribution in [0.15, 0.2) is 91.0 Å². The summed E-state index contributed by atoms with van der Waals surface area (Å²) in [5.74, 6) is -2.05. The first-order valence-corrected chi connectivity index (χ1v) is 10.6. The average Bonchev–Trinajstić information content (AvgIpc) is 3.17. The van der Waals surface area contributed by atoms with Crippen molar-refractivity contribution < 1.29 is 38.4 Å². The molecule has 1 aliphatic heterocycles. The number of aliphatic hydroxyl groups is 1. The molecule has 34 heavy (non-hydrogen) atoms. The lowest BCUT2D eigenvalue weighted by atomic mass is 10.1. The van der Waals surface area contributed by atoms with Crippen molar-refractivity contribution in [3.05, 3.63) is 108 Å². The van der Waals surface area contributed by atoms with Gasteiger partial charge in [-0.15, -0.1) is 0 Å².